The Bertz CT molecular complexity index is 837. The molecule has 2 aromatic carbocycles. The third-order valence-corrected chi connectivity index (χ3v) is 5.21. The van der Waals surface area contributed by atoms with Crippen molar-refractivity contribution in [3.63, 3.8) is 0 Å². The Morgan fingerprint density at radius 3 is 2.28 bits per heavy atom. The Balaban J connectivity index is 1.90. The van der Waals surface area contributed by atoms with Crippen LogP contribution in [0.4, 0.5) is 18.9 Å². The zero-order valence-corrected chi connectivity index (χ0v) is 13.8. The third-order valence-electron chi connectivity index (χ3n) is 4.96. The fourth-order valence-corrected chi connectivity index (χ4v) is 3.97. The molecule has 1 unspecified atom stereocenters. The molecule has 1 fully saturated rings. The number of hydrogen-bond donors (Lipinski definition) is 0. The molecule has 4 rings (SSSR count). The second-order valence-corrected chi connectivity index (χ2v) is 6.67. The van der Waals surface area contributed by atoms with Crippen LogP contribution in [0.5, 0.6) is 0 Å². The number of fused-ring (bicyclic) bond motifs is 2. The van der Waals surface area contributed by atoms with Crippen LogP contribution in [-0.2, 0) is 6.42 Å². The molecule has 0 aromatic heterocycles. The van der Waals surface area contributed by atoms with Crippen LogP contribution in [0.3, 0.4) is 0 Å². The Hall–Kier alpha value is -2.21. The van der Waals surface area contributed by atoms with Gasteiger partial charge in [0.2, 0.25) is 5.66 Å². The summed E-state index contributed by atoms with van der Waals surface area (Å²) < 4.78 is 42.9. The van der Waals surface area contributed by atoms with Crippen molar-refractivity contribution in [1.82, 2.24) is 4.90 Å². The minimum absolute atomic E-state index is 0.0231. The third kappa shape index (κ3) is 2.24. The number of hydrogen-bond acceptors (Lipinski definition) is 2. The molecule has 0 spiro atoms. The second-order valence-electron chi connectivity index (χ2n) is 6.23. The molecule has 2 aliphatic rings. The SMILES string of the molecule is O=C1c2ccccc2CC2(C(F)(F)F)N1CCN2c1ccc(Cl)cc1. The summed E-state index contributed by atoms with van der Waals surface area (Å²) in [5, 5.41) is 0.450. The van der Waals surface area contributed by atoms with Gasteiger partial charge in [0.1, 0.15) is 0 Å². The normalized spacial score (nSPS) is 22.8. The first-order valence-electron chi connectivity index (χ1n) is 7.84. The van der Waals surface area contributed by atoms with Crippen LogP contribution in [0.15, 0.2) is 48.5 Å². The van der Waals surface area contributed by atoms with E-state index in [0.29, 0.717) is 21.8 Å². The summed E-state index contributed by atoms with van der Waals surface area (Å²) in [5.74, 6) is -0.573. The maximum Gasteiger partial charge on any atom is 0.431 e. The fourth-order valence-electron chi connectivity index (χ4n) is 3.84. The van der Waals surface area contributed by atoms with Gasteiger partial charge >= 0.3 is 6.18 Å². The summed E-state index contributed by atoms with van der Waals surface area (Å²) in [7, 11) is 0. The molecular weight excluding hydrogens is 353 g/mol. The summed E-state index contributed by atoms with van der Waals surface area (Å²) in [4.78, 5) is 15.0. The average Bonchev–Trinajstić information content (AvgIpc) is 2.97. The van der Waals surface area contributed by atoms with Crippen LogP contribution < -0.4 is 4.90 Å². The Labute approximate surface area is 147 Å². The van der Waals surface area contributed by atoms with Crippen LogP contribution in [-0.4, -0.2) is 35.7 Å². The van der Waals surface area contributed by atoms with E-state index in [1.54, 1.807) is 48.5 Å². The van der Waals surface area contributed by atoms with Gasteiger partial charge in [-0.05, 0) is 35.9 Å². The molecule has 0 saturated carbocycles. The highest BCUT2D eigenvalue weighted by molar-refractivity contribution is 6.30. The highest BCUT2D eigenvalue weighted by atomic mass is 35.5. The van der Waals surface area contributed by atoms with Crippen LogP contribution >= 0.6 is 11.6 Å². The smallest absolute Gasteiger partial charge is 0.339 e. The van der Waals surface area contributed by atoms with Gasteiger partial charge in [-0.15, -0.1) is 0 Å². The number of anilines is 1. The van der Waals surface area contributed by atoms with Crippen molar-refractivity contribution >= 4 is 23.2 Å². The maximum atomic E-state index is 14.3. The molecule has 7 heteroatoms. The van der Waals surface area contributed by atoms with E-state index in [9.17, 15) is 18.0 Å². The summed E-state index contributed by atoms with van der Waals surface area (Å²) in [6.45, 7) is 0.135. The second kappa shape index (κ2) is 5.39. The van der Waals surface area contributed by atoms with E-state index in [1.807, 2.05) is 0 Å². The van der Waals surface area contributed by atoms with Gasteiger partial charge in [-0.2, -0.15) is 13.2 Å². The number of alkyl halides is 3. The molecular formula is C18H14ClF3N2O. The number of amides is 1. The summed E-state index contributed by atoms with van der Waals surface area (Å²) in [6, 6.07) is 12.7. The minimum Gasteiger partial charge on any atom is -0.339 e. The van der Waals surface area contributed by atoms with Gasteiger partial charge in [-0.3, -0.25) is 4.79 Å². The highest BCUT2D eigenvalue weighted by Gasteiger charge is 2.68. The Morgan fingerprint density at radius 1 is 0.960 bits per heavy atom. The number of benzene rings is 2. The van der Waals surface area contributed by atoms with E-state index < -0.39 is 17.7 Å². The number of carbonyl (C=O) groups excluding carboxylic acids is 1. The molecule has 130 valence electrons. The number of carbonyl (C=O) groups is 1. The van der Waals surface area contributed by atoms with Crippen molar-refractivity contribution in [2.45, 2.75) is 18.3 Å². The highest BCUT2D eigenvalue weighted by Crippen LogP contribution is 2.49. The lowest BCUT2D eigenvalue weighted by atomic mass is 9.88. The monoisotopic (exact) mass is 366 g/mol. The van der Waals surface area contributed by atoms with Crippen molar-refractivity contribution in [2.75, 3.05) is 18.0 Å². The molecule has 0 aliphatic carbocycles. The summed E-state index contributed by atoms with van der Waals surface area (Å²) >= 11 is 5.87. The van der Waals surface area contributed by atoms with Crippen LogP contribution in [0.1, 0.15) is 15.9 Å². The largest absolute Gasteiger partial charge is 0.431 e. The quantitative estimate of drug-likeness (QED) is 0.758. The Morgan fingerprint density at radius 2 is 1.60 bits per heavy atom. The molecule has 0 bridgehead atoms. The lowest BCUT2D eigenvalue weighted by molar-refractivity contribution is -0.215. The van der Waals surface area contributed by atoms with Crippen molar-refractivity contribution < 1.29 is 18.0 Å². The lowest BCUT2D eigenvalue weighted by Crippen LogP contribution is -2.68. The van der Waals surface area contributed by atoms with Gasteiger partial charge in [0, 0.05) is 35.8 Å². The van der Waals surface area contributed by atoms with E-state index in [1.165, 1.54) is 4.90 Å². The first kappa shape index (κ1) is 16.3. The molecule has 0 N–H and O–H groups in total. The zero-order chi connectivity index (χ0) is 17.8. The molecule has 1 saturated heterocycles. The van der Waals surface area contributed by atoms with Crippen molar-refractivity contribution in [2.24, 2.45) is 0 Å². The number of halogens is 4. The van der Waals surface area contributed by atoms with E-state index in [0.717, 1.165) is 4.90 Å². The number of nitrogens with zero attached hydrogens (tertiary/aromatic N) is 2. The fraction of sp³-hybridized carbons (Fsp3) is 0.278. The first-order chi connectivity index (χ1) is 11.8. The maximum absolute atomic E-state index is 14.3. The number of rotatable bonds is 1. The van der Waals surface area contributed by atoms with E-state index in [2.05, 4.69) is 0 Å². The molecule has 3 nitrogen and oxygen atoms in total. The van der Waals surface area contributed by atoms with E-state index in [4.69, 9.17) is 11.6 Å². The molecule has 1 atom stereocenters. The topological polar surface area (TPSA) is 23.6 Å². The van der Waals surface area contributed by atoms with Gasteiger partial charge in [-0.25, -0.2) is 0 Å². The molecule has 0 radical (unpaired) electrons. The Kier molecular flexibility index (Phi) is 3.51. The van der Waals surface area contributed by atoms with Crippen molar-refractivity contribution in [1.29, 1.82) is 0 Å². The summed E-state index contributed by atoms with van der Waals surface area (Å²) in [6.07, 6.45) is -4.90. The molecule has 2 heterocycles. The molecule has 25 heavy (non-hydrogen) atoms. The van der Waals surface area contributed by atoms with Gasteiger partial charge < -0.3 is 9.80 Å². The van der Waals surface area contributed by atoms with Gasteiger partial charge in [-0.1, -0.05) is 29.8 Å². The predicted octanol–water partition coefficient (Wildman–Crippen LogP) is 4.12. The van der Waals surface area contributed by atoms with Gasteiger partial charge in [0.05, 0.1) is 0 Å². The van der Waals surface area contributed by atoms with Crippen molar-refractivity contribution in [3.8, 4) is 0 Å². The van der Waals surface area contributed by atoms with E-state index in [-0.39, 0.29) is 19.5 Å². The average molecular weight is 367 g/mol. The first-order valence-corrected chi connectivity index (χ1v) is 8.22. The van der Waals surface area contributed by atoms with Crippen LogP contribution in [0, 0.1) is 0 Å². The summed E-state index contributed by atoms with van der Waals surface area (Å²) in [5.41, 5.74) is -1.20. The molecule has 1 amide bonds. The molecule has 2 aromatic rings. The van der Waals surface area contributed by atoms with E-state index >= 15 is 0 Å². The van der Waals surface area contributed by atoms with Crippen LogP contribution in [0.25, 0.3) is 0 Å². The van der Waals surface area contributed by atoms with Crippen LogP contribution in [0.2, 0.25) is 5.02 Å². The lowest BCUT2D eigenvalue weighted by Gasteiger charge is -2.48. The standard InChI is InChI=1S/C18H14ClF3N2O/c19-13-5-7-14(8-6-13)23-9-10-24-16(25)15-4-2-1-3-12(15)11-17(23,24)18(20,21)22/h1-8H,9-11H2. The zero-order valence-electron chi connectivity index (χ0n) is 13.1. The van der Waals surface area contributed by atoms with Gasteiger partial charge in [0.15, 0.2) is 0 Å². The van der Waals surface area contributed by atoms with Gasteiger partial charge in [0.25, 0.3) is 5.91 Å². The minimum atomic E-state index is -4.60. The molecule has 2 aliphatic heterocycles. The van der Waals surface area contributed by atoms with Crippen molar-refractivity contribution in [3.05, 3.63) is 64.7 Å². The predicted molar refractivity (Wildman–Crippen MR) is 88.8 cm³/mol.